The number of pyridine rings is 3. The largest absolute Gasteiger partial charge is 0.469 e. The molecule has 2 unspecified atom stereocenters. The van der Waals surface area contributed by atoms with Crippen LogP contribution in [0.1, 0.15) is 109 Å². The molecule has 3 aliphatic carbocycles. The number of esters is 2. The molecule has 0 aromatic carbocycles. The molecule has 3 aromatic heterocycles. The van der Waals surface area contributed by atoms with Crippen molar-refractivity contribution in [1.29, 1.82) is 0 Å². The zero-order valence-corrected chi connectivity index (χ0v) is 33.6. The summed E-state index contributed by atoms with van der Waals surface area (Å²) in [5.74, 6) is 1.10. The normalized spacial score (nSPS) is 21.2. The van der Waals surface area contributed by atoms with Crippen LogP contribution in [0.3, 0.4) is 0 Å². The summed E-state index contributed by atoms with van der Waals surface area (Å²) in [5, 5.41) is 8.08. The van der Waals surface area contributed by atoms with Crippen LogP contribution < -0.4 is 0 Å². The average molecular weight is 762 g/mol. The van der Waals surface area contributed by atoms with Crippen molar-refractivity contribution >= 4 is 23.0 Å². The maximum Gasteiger partial charge on any atom is 0.333 e. The molecule has 2 fully saturated rings. The second kappa shape index (κ2) is 23.4. The van der Waals surface area contributed by atoms with E-state index in [1.807, 2.05) is 26.0 Å². The Bertz CT molecular complexity index is 1670. The van der Waals surface area contributed by atoms with Crippen molar-refractivity contribution in [2.24, 2.45) is 23.7 Å². The number of hydrogen-bond donors (Lipinski definition) is 1. The second-order valence-corrected chi connectivity index (χ2v) is 15.3. The Morgan fingerprint density at radius 1 is 0.818 bits per heavy atom. The van der Waals surface area contributed by atoms with Gasteiger partial charge in [0, 0.05) is 41.3 Å². The number of aromatic nitrogens is 3. The maximum absolute atomic E-state index is 11.6. The number of aliphatic hydroxyl groups is 1. The lowest BCUT2D eigenvalue weighted by atomic mass is 9.79. The van der Waals surface area contributed by atoms with Gasteiger partial charge in [0.05, 0.1) is 45.6 Å². The Kier molecular flexibility index (Phi) is 19.4. The highest BCUT2D eigenvalue weighted by Crippen LogP contribution is 2.35. The molecule has 0 spiro atoms. The van der Waals surface area contributed by atoms with Gasteiger partial charge < -0.3 is 24.1 Å². The molecule has 3 aliphatic rings. The summed E-state index contributed by atoms with van der Waals surface area (Å²) < 4.78 is 21.4. The first-order chi connectivity index (χ1) is 26.1. The molecule has 304 valence electrons. The monoisotopic (exact) mass is 761 g/mol. The van der Waals surface area contributed by atoms with E-state index < -0.39 is 0 Å². The Labute approximate surface area is 329 Å². The van der Waals surface area contributed by atoms with Gasteiger partial charge in [-0.2, -0.15) is 0 Å². The third-order valence-corrected chi connectivity index (χ3v) is 11.4. The molecule has 10 nitrogen and oxygen atoms in total. The highest BCUT2D eigenvalue weighted by atomic mass is 16.5. The van der Waals surface area contributed by atoms with E-state index in [1.165, 1.54) is 56.9 Å². The molecule has 2 atom stereocenters. The highest BCUT2D eigenvalue weighted by Gasteiger charge is 2.32. The number of fused-ring (bicyclic) bond motifs is 2. The lowest BCUT2D eigenvalue weighted by Crippen LogP contribution is -2.34. The van der Waals surface area contributed by atoms with Gasteiger partial charge in [-0.3, -0.25) is 9.78 Å². The summed E-state index contributed by atoms with van der Waals surface area (Å²) in [6, 6.07) is 12.7. The summed E-state index contributed by atoms with van der Waals surface area (Å²) in [6.07, 6.45) is 16.3. The van der Waals surface area contributed by atoms with Crippen LogP contribution in [-0.4, -0.2) is 78.7 Å². The molecule has 0 saturated heterocycles. The Morgan fingerprint density at radius 3 is 2.09 bits per heavy atom. The van der Waals surface area contributed by atoms with E-state index in [9.17, 15) is 9.59 Å². The first kappa shape index (κ1) is 45.7. The predicted molar refractivity (Wildman–Crippen MR) is 218 cm³/mol. The molecule has 10 heteroatoms. The van der Waals surface area contributed by atoms with Crippen LogP contribution in [0.5, 0.6) is 0 Å². The molecule has 0 radical (unpaired) electrons. The number of ether oxygens (including phenoxy) is 4. The van der Waals surface area contributed by atoms with Crippen molar-refractivity contribution in [3.05, 3.63) is 76.4 Å². The van der Waals surface area contributed by atoms with Gasteiger partial charge >= 0.3 is 11.9 Å². The van der Waals surface area contributed by atoms with Gasteiger partial charge in [0.2, 0.25) is 0 Å². The highest BCUT2D eigenvalue weighted by molar-refractivity contribution is 5.88. The molecule has 0 bridgehead atoms. The summed E-state index contributed by atoms with van der Waals surface area (Å²) in [7, 11) is 3.84. The van der Waals surface area contributed by atoms with Gasteiger partial charge in [-0.25, -0.2) is 14.8 Å². The first-order valence-electron chi connectivity index (χ1n) is 19.8. The minimum Gasteiger partial charge on any atom is -0.469 e. The molecular weight excluding hydrogens is 695 g/mol. The summed E-state index contributed by atoms with van der Waals surface area (Å²) in [4.78, 5) is 36.9. The number of methoxy groups -OCH3 is 2. The van der Waals surface area contributed by atoms with E-state index in [1.54, 1.807) is 13.1 Å². The average Bonchev–Trinajstić information content (AvgIpc) is 3.18. The van der Waals surface area contributed by atoms with Crippen LogP contribution in [0.2, 0.25) is 0 Å². The van der Waals surface area contributed by atoms with Crippen molar-refractivity contribution in [2.45, 2.75) is 124 Å². The van der Waals surface area contributed by atoms with Gasteiger partial charge in [0.25, 0.3) is 0 Å². The first-order valence-corrected chi connectivity index (χ1v) is 19.8. The van der Waals surface area contributed by atoms with Crippen molar-refractivity contribution in [1.82, 2.24) is 15.0 Å². The molecule has 2 saturated carbocycles. The zero-order chi connectivity index (χ0) is 39.0. The number of nitrogens with zero attached hydrogens (tertiary/aromatic N) is 3. The SMILES string of the molecule is C.CO.COC(=O)C(C)=C(C)COC1CC(CCc2ccc3cccnc3n2)C1.COC(=O)C(C)C(C)COC1CC(CCc2ccc3c(n2)CCCC3)C1. The van der Waals surface area contributed by atoms with Gasteiger partial charge in [0.15, 0.2) is 5.65 Å². The minimum atomic E-state index is -0.282. The van der Waals surface area contributed by atoms with E-state index in [2.05, 4.69) is 41.2 Å². The van der Waals surface area contributed by atoms with Crippen LogP contribution >= 0.6 is 0 Å². The maximum atomic E-state index is 11.6. The van der Waals surface area contributed by atoms with Gasteiger partial charge in [-0.1, -0.05) is 27.3 Å². The fourth-order valence-electron chi connectivity index (χ4n) is 7.22. The fourth-order valence-corrected chi connectivity index (χ4v) is 7.22. The molecule has 0 amide bonds. The molecule has 3 heterocycles. The molecular formula is C45H67N3O7. The molecule has 1 N–H and O–H groups in total. The van der Waals surface area contributed by atoms with Crippen LogP contribution in [0.4, 0.5) is 0 Å². The van der Waals surface area contributed by atoms with Crippen LogP contribution in [0.25, 0.3) is 11.0 Å². The van der Waals surface area contributed by atoms with E-state index in [0.717, 1.165) is 86.7 Å². The molecule has 0 aliphatic heterocycles. The van der Waals surface area contributed by atoms with Gasteiger partial charge in [0.1, 0.15) is 0 Å². The fraction of sp³-hybridized carbons (Fsp3) is 0.622. The van der Waals surface area contributed by atoms with Crippen molar-refractivity contribution < 1.29 is 33.6 Å². The van der Waals surface area contributed by atoms with Crippen molar-refractivity contribution in [2.75, 3.05) is 34.5 Å². The van der Waals surface area contributed by atoms with Crippen LogP contribution in [-0.2, 0) is 54.2 Å². The quantitative estimate of drug-likeness (QED) is 0.119. The summed E-state index contributed by atoms with van der Waals surface area (Å²) >= 11 is 0. The number of carbonyl (C=O) groups excluding carboxylic acids is 2. The third kappa shape index (κ3) is 13.8. The van der Waals surface area contributed by atoms with E-state index in [0.29, 0.717) is 36.9 Å². The lowest BCUT2D eigenvalue weighted by molar-refractivity contribution is -0.148. The predicted octanol–water partition coefficient (Wildman–Crippen LogP) is 8.25. The van der Waals surface area contributed by atoms with E-state index in [4.69, 9.17) is 29.0 Å². The minimum absolute atomic E-state index is 0. The van der Waals surface area contributed by atoms with Crippen LogP contribution in [0, 0.1) is 23.7 Å². The number of aryl methyl sites for hydroxylation is 4. The smallest absolute Gasteiger partial charge is 0.333 e. The number of hydrogen-bond acceptors (Lipinski definition) is 10. The van der Waals surface area contributed by atoms with E-state index in [-0.39, 0.29) is 31.2 Å². The number of aliphatic hydroxyl groups excluding tert-OH is 1. The van der Waals surface area contributed by atoms with E-state index >= 15 is 0 Å². The molecule has 3 aromatic rings. The lowest BCUT2D eigenvalue weighted by Gasteiger charge is -2.36. The van der Waals surface area contributed by atoms with Gasteiger partial charge in [-0.05, 0) is 150 Å². The van der Waals surface area contributed by atoms with Crippen LogP contribution in [0.15, 0.2) is 53.7 Å². The standard InChI is InChI=1S/C22H33NO3.C21H26N2O3.CH4O.CH4/c1-15(16(2)22(24)25-3)14-26-20-12-17(13-20)8-10-19-11-9-18-6-4-5-7-21(18)23-19;1-14(15(2)21(24)25-3)13-26-19-11-16(12-19)6-8-18-9-7-17-5-4-10-22-20(17)23-18;1-2;/h9,11,15-17,20H,4-8,10,12-14H2,1-3H3;4-5,7,9-10,16,19H,6,8,11-13H2,1-3H3;2H,1H3;1H4. The number of carbonyl (C=O) groups is 2. The topological polar surface area (TPSA) is 130 Å². The summed E-state index contributed by atoms with van der Waals surface area (Å²) in [5.41, 5.74) is 7.57. The second-order valence-electron chi connectivity index (χ2n) is 15.3. The van der Waals surface area contributed by atoms with Crippen molar-refractivity contribution in [3.8, 4) is 0 Å². The Morgan fingerprint density at radius 2 is 1.44 bits per heavy atom. The third-order valence-electron chi connectivity index (χ3n) is 11.4. The molecule has 55 heavy (non-hydrogen) atoms. The van der Waals surface area contributed by atoms with Gasteiger partial charge in [-0.15, -0.1) is 0 Å². The zero-order valence-electron chi connectivity index (χ0n) is 33.6. The number of rotatable bonds is 15. The Balaban J connectivity index is 0.000000278. The molecule has 6 rings (SSSR count). The van der Waals surface area contributed by atoms with Crippen molar-refractivity contribution in [3.63, 3.8) is 0 Å². The Hall–Kier alpha value is -3.73. The summed E-state index contributed by atoms with van der Waals surface area (Å²) in [6.45, 7) is 8.80.